The minimum absolute atomic E-state index is 0.133. The Morgan fingerprint density at radius 2 is 1.54 bits per heavy atom. The molecule has 3 aliphatic rings. The Balaban J connectivity index is 1.42. The summed E-state index contributed by atoms with van der Waals surface area (Å²) >= 11 is 0. The topological polar surface area (TPSA) is 113 Å². The number of rotatable bonds is 4. The number of carbonyl (C=O) groups is 3. The number of nitrogens with zero attached hydrogens (tertiary/aromatic N) is 3. The molecule has 3 aromatic carbocycles. The lowest BCUT2D eigenvalue weighted by Crippen LogP contribution is -2.50. The van der Waals surface area contributed by atoms with Crippen molar-refractivity contribution in [1.82, 2.24) is 0 Å². The second-order valence-corrected chi connectivity index (χ2v) is 9.07. The normalized spacial score (nSPS) is 23.5. The zero-order chi connectivity index (χ0) is 25.8. The van der Waals surface area contributed by atoms with Gasteiger partial charge in [-0.2, -0.15) is 0 Å². The quantitative estimate of drug-likeness (QED) is 0.333. The van der Waals surface area contributed by atoms with Crippen molar-refractivity contribution in [2.75, 3.05) is 15.1 Å². The van der Waals surface area contributed by atoms with Crippen LogP contribution in [0.5, 0.6) is 0 Å². The van der Waals surface area contributed by atoms with Crippen molar-refractivity contribution in [2.45, 2.75) is 12.1 Å². The molecule has 2 fully saturated rings. The first kappa shape index (κ1) is 22.6. The Labute approximate surface area is 209 Å². The highest BCUT2D eigenvalue weighted by Gasteiger charge is 2.64. The van der Waals surface area contributed by atoms with E-state index in [0.29, 0.717) is 11.4 Å². The fourth-order valence-electron chi connectivity index (χ4n) is 5.57. The summed E-state index contributed by atoms with van der Waals surface area (Å²) in [6.45, 7) is 0. The van der Waals surface area contributed by atoms with Crippen LogP contribution in [-0.2, 0) is 14.4 Å². The lowest BCUT2D eigenvalue weighted by atomic mass is 9.88. The molecule has 0 saturated carbocycles. The van der Waals surface area contributed by atoms with E-state index in [2.05, 4.69) is 5.32 Å². The van der Waals surface area contributed by atoms with Crippen molar-refractivity contribution in [1.29, 1.82) is 0 Å². The van der Waals surface area contributed by atoms with E-state index in [1.807, 2.05) is 30.3 Å². The van der Waals surface area contributed by atoms with Crippen LogP contribution in [0.15, 0.2) is 78.9 Å². The largest absolute Gasteiger partial charge is 0.351 e. The lowest BCUT2D eigenvalue weighted by Gasteiger charge is -2.36. The second kappa shape index (κ2) is 8.37. The molecule has 6 rings (SSSR count). The Bertz CT molecular complexity index is 1500. The van der Waals surface area contributed by atoms with Crippen LogP contribution in [-0.4, -0.2) is 34.7 Å². The number of hydrogen-bond donors (Lipinski definition) is 1. The number of para-hydroxylation sites is 2. The van der Waals surface area contributed by atoms with E-state index in [1.54, 1.807) is 11.0 Å². The summed E-state index contributed by atoms with van der Waals surface area (Å²) in [7, 11) is 0. The van der Waals surface area contributed by atoms with Crippen LogP contribution >= 0.6 is 0 Å². The molecule has 10 heteroatoms. The van der Waals surface area contributed by atoms with Gasteiger partial charge in [0, 0.05) is 23.5 Å². The summed E-state index contributed by atoms with van der Waals surface area (Å²) in [5, 5.41) is 13.7. The van der Waals surface area contributed by atoms with E-state index < -0.39 is 52.4 Å². The van der Waals surface area contributed by atoms with Crippen molar-refractivity contribution < 1.29 is 23.7 Å². The average Bonchev–Trinajstić information content (AvgIpc) is 3.37. The van der Waals surface area contributed by atoms with E-state index in [1.165, 1.54) is 48.5 Å². The SMILES string of the molecule is O=C(Nc1ccc([N+](=O)[O-])cc1)[C@@H]1[C@@H]2C(=O)N(c3ccccc3F)C(=O)[C@H]2[C@@H]2C=Cc3ccccc3N12. The van der Waals surface area contributed by atoms with Gasteiger partial charge in [0.05, 0.1) is 28.5 Å². The summed E-state index contributed by atoms with van der Waals surface area (Å²) in [5.74, 6) is -4.44. The number of non-ortho nitro benzene ring substituents is 1. The molecular formula is C27H19FN4O5. The van der Waals surface area contributed by atoms with Crippen molar-refractivity contribution >= 4 is 46.5 Å². The molecule has 1 N–H and O–H groups in total. The third kappa shape index (κ3) is 3.40. The first-order valence-corrected chi connectivity index (χ1v) is 11.6. The van der Waals surface area contributed by atoms with Crippen LogP contribution < -0.4 is 15.1 Å². The molecule has 0 radical (unpaired) electrons. The van der Waals surface area contributed by atoms with Gasteiger partial charge in [-0.25, -0.2) is 9.29 Å². The number of nitro groups is 1. The van der Waals surface area contributed by atoms with E-state index in [9.17, 15) is 28.9 Å². The molecule has 0 bridgehead atoms. The molecule has 3 aromatic rings. The Morgan fingerprint density at radius 1 is 0.892 bits per heavy atom. The summed E-state index contributed by atoms with van der Waals surface area (Å²) < 4.78 is 14.6. The van der Waals surface area contributed by atoms with Gasteiger partial charge in [-0.05, 0) is 35.9 Å². The zero-order valence-electron chi connectivity index (χ0n) is 19.2. The van der Waals surface area contributed by atoms with Crippen molar-refractivity contribution in [3.05, 3.63) is 100 Å². The number of nitrogens with one attached hydrogen (secondary N) is 1. The standard InChI is InChI=1S/C27H19FN4O5/c28-18-6-2-4-8-20(18)31-26(34)22-21-14-9-15-5-1-3-7-19(15)30(21)24(23(22)27(31)35)25(33)29-16-10-12-17(13-11-16)32(36)37/h1-14,21-24H,(H,29,33)/t21-,22-,23+,24-/m0/s1. The highest BCUT2D eigenvalue weighted by atomic mass is 19.1. The summed E-state index contributed by atoms with van der Waals surface area (Å²) in [5.41, 5.74) is 1.56. The minimum atomic E-state index is -1.08. The number of anilines is 3. The number of amides is 3. The van der Waals surface area contributed by atoms with Gasteiger partial charge in [0.1, 0.15) is 11.9 Å². The van der Waals surface area contributed by atoms with Gasteiger partial charge < -0.3 is 10.2 Å². The Morgan fingerprint density at radius 3 is 2.24 bits per heavy atom. The lowest BCUT2D eigenvalue weighted by molar-refractivity contribution is -0.384. The van der Waals surface area contributed by atoms with Gasteiger partial charge >= 0.3 is 0 Å². The molecule has 184 valence electrons. The Kier molecular flexibility index (Phi) is 5.11. The third-order valence-corrected chi connectivity index (χ3v) is 7.12. The molecular weight excluding hydrogens is 479 g/mol. The number of benzene rings is 3. The van der Waals surface area contributed by atoms with Gasteiger partial charge in [0.15, 0.2) is 0 Å². The van der Waals surface area contributed by atoms with Crippen LogP contribution in [0.4, 0.5) is 27.1 Å². The number of nitro benzene ring substituents is 1. The summed E-state index contributed by atoms with van der Waals surface area (Å²) in [6.07, 6.45) is 3.66. The number of imide groups is 1. The number of halogens is 1. The predicted molar refractivity (Wildman–Crippen MR) is 133 cm³/mol. The molecule has 0 spiro atoms. The van der Waals surface area contributed by atoms with E-state index in [-0.39, 0.29) is 11.4 Å². The molecule has 0 aromatic heterocycles. The average molecular weight is 498 g/mol. The molecule has 4 atom stereocenters. The van der Waals surface area contributed by atoms with Crippen LogP contribution in [0.3, 0.4) is 0 Å². The molecule has 0 unspecified atom stereocenters. The van der Waals surface area contributed by atoms with Gasteiger partial charge in [-0.3, -0.25) is 24.5 Å². The zero-order valence-corrected chi connectivity index (χ0v) is 19.2. The molecule has 3 heterocycles. The highest BCUT2D eigenvalue weighted by Crippen LogP contribution is 2.49. The predicted octanol–water partition coefficient (Wildman–Crippen LogP) is 3.76. The highest BCUT2D eigenvalue weighted by molar-refractivity contribution is 6.25. The fraction of sp³-hybridized carbons (Fsp3) is 0.148. The first-order chi connectivity index (χ1) is 17.9. The molecule has 37 heavy (non-hydrogen) atoms. The maximum Gasteiger partial charge on any atom is 0.269 e. The van der Waals surface area contributed by atoms with Gasteiger partial charge in [0.25, 0.3) is 5.69 Å². The van der Waals surface area contributed by atoms with Crippen molar-refractivity contribution in [2.24, 2.45) is 11.8 Å². The summed E-state index contributed by atoms with van der Waals surface area (Å²) in [4.78, 5) is 54.2. The van der Waals surface area contributed by atoms with Crippen LogP contribution in [0.2, 0.25) is 0 Å². The van der Waals surface area contributed by atoms with E-state index in [0.717, 1.165) is 10.5 Å². The Hall–Kier alpha value is -4.86. The molecule has 9 nitrogen and oxygen atoms in total. The van der Waals surface area contributed by atoms with Crippen molar-refractivity contribution in [3.63, 3.8) is 0 Å². The fourth-order valence-corrected chi connectivity index (χ4v) is 5.57. The van der Waals surface area contributed by atoms with Crippen molar-refractivity contribution in [3.8, 4) is 0 Å². The molecule has 3 aliphatic heterocycles. The first-order valence-electron chi connectivity index (χ1n) is 11.6. The van der Waals surface area contributed by atoms with Crippen LogP contribution in [0.25, 0.3) is 6.08 Å². The molecule has 2 saturated heterocycles. The van der Waals surface area contributed by atoms with Crippen LogP contribution in [0, 0.1) is 27.8 Å². The maximum atomic E-state index is 14.6. The van der Waals surface area contributed by atoms with Gasteiger partial charge in [-0.1, -0.05) is 42.5 Å². The van der Waals surface area contributed by atoms with Crippen LogP contribution in [0.1, 0.15) is 5.56 Å². The van der Waals surface area contributed by atoms with Gasteiger partial charge in [0.2, 0.25) is 17.7 Å². The number of fused-ring (bicyclic) bond motifs is 5. The third-order valence-electron chi connectivity index (χ3n) is 7.12. The maximum absolute atomic E-state index is 14.6. The number of carbonyl (C=O) groups excluding carboxylic acids is 3. The number of hydrogen-bond acceptors (Lipinski definition) is 6. The summed E-state index contributed by atoms with van der Waals surface area (Å²) in [6, 6.07) is 16.5. The smallest absolute Gasteiger partial charge is 0.269 e. The molecule has 0 aliphatic carbocycles. The van der Waals surface area contributed by atoms with E-state index in [4.69, 9.17) is 0 Å². The van der Waals surface area contributed by atoms with E-state index >= 15 is 0 Å². The minimum Gasteiger partial charge on any atom is -0.351 e. The molecule has 3 amide bonds. The second-order valence-electron chi connectivity index (χ2n) is 9.07. The monoisotopic (exact) mass is 498 g/mol. The van der Waals surface area contributed by atoms with Gasteiger partial charge in [-0.15, -0.1) is 0 Å².